The van der Waals surface area contributed by atoms with Gasteiger partial charge in [0.1, 0.15) is 12.2 Å². The van der Waals surface area contributed by atoms with Crippen LogP contribution in [0, 0.1) is 0 Å². The second-order valence-corrected chi connectivity index (χ2v) is 4.70. The van der Waals surface area contributed by atoms with Gasteiger partial charge < -0.3 is 4.57 Å². The third kappa shape index (κ3) is 1.97. The molecule has 88 valence electrons. The Kier molecular flexibility index (Phi) is 2.67. The lowest BCUT2D eigenvalue weighted by Crippen LogP contribution is -2.08. The topological polar surface area (TPSA) is 30.7 Å². The van der Waals surface area contributed by atoms with Crippen molar-refractivity contribution in [3.63, 3.8) is 0 Å². The predicted molar refractivity (Wildman–Crippen MR) is 66.9 cm³/mol. The Bertz CT molecular complexity index is 485. The van der Waals surface area contributed by atoms with Crippen LogP contribution in [0.1, 0.15) is 49.5 Å². The molecule has 0 aliphatic heterocycles. The lowest BCUT2D eigenvalue weighted by molar-refractivity contribution is 0.620. The van der Waals surface area contributed by atoms with Crippen molar-refractivity contribution in [2.45, 2.75) is 38.1 Å². The number of hydrogen-bond acceptors (Lipinski definition) is 2. The fourth-order valence-corrected chi connectivity index (χ4v) is 2.39. The largest absolute Gasteiger partial charge is 0.314 e. The Morgan fingerprint density at radius 3 is 2.71 bits per heavy atom. The van der Waals surface area contributed by atoms with Gasteiger partial charge in [0.05, 0.1) is 0 Å². The SMILES string of the molecule is CCC(c1ccccc1)c1nncn1C1CC1. The first kappa shape index (κ1) is 10.5. The van der Waals surface area contributed by atoms with Gasteiger partial charge >= 0.3 is 0 Å². The van der Waals surface area contributed by atoms with Crippen LogP contribution in [-0.4, -0.2) is 14.8 Å². The van der Waals surface area contributed by atoms with Crippen molar-refractivity contribution in [2.24, 2.45) is 0 Å². The monoisotopic (exact) mass is 227 g/mol. The van der Waals surface area contributed by atoms with Crippen LogP contribution in [0.4, 0.5) is 0 Å². The minimum absolute atomic E-state index is 0.374. The third-order valence-corrected chi connectivity index (χ3v) is 3.46. The van der Waals surface area contributed by atoms with Crippen LogP contribution in [0.5, 0.6) is 0 Å². The molecule has 1 aliphatic carbocycles. The maximum atomic E-state index is 4.34. The maximum Gasteiger partial charge on any atom is 0.140 e. The van der Waals surface area contributed by atoms with Crippen LogP contribution in [0.2, 0.25) is 0 Å². The first-order valence-corrected chi connectivity index (χ1v) is 6.34. The molecule has 0 spiro atoms. The average molecular weight is 227 g/mol. The summed E-state index contributed by atoms with van der Waals surface area (Å²) < 4.78 is 2.27. The van der Waals surface area contributed by atoms with Gasteiger partial charge in [0.25, 0.3) is 0 Å². The van der Waals surface area contributed by atoms with E-state index in [1.54, 1.807) is 0 Å². The predicted octanol–water partition coefficient (Wildman–Crippen LogP) is 3.15. The Morgan fingerprint density at radius 1 is 1.29 bits per heavy atom. The van der Waals surface area contributed by atoms with Gasteiger partial charge in [0.15, 0.2) is 0 Å². The molecule has 2 aromatic rings. The number of nitrogens with zero attached hydrogens (tertiary/aromatic N) is 3. The molecule has 3 heteroatoms. The molecule has 1 unspecified atom stereocenters. The second-order valence-electron chi connectivity index (χ2n) is 4.70. The number of hydrogen-bond donors (Lipinski definition) is 0. The maximum absolute atomic E-state index is 4.34. The van der Waals surface area contributed by atoms with Crippen molar-refractivity contribution in [2.75, 3.05) is 0 Å². The zero-order chi connectivity index (χ0) is 11.7. The van der Waals surface area contributed by atoms with Crippen molar-refractivity contribution in [3.8, 4) is 0 Å². The minimum atomic E-state index is 0.374. The summed E-state index contributed by atoms with van der Waals surface area (Å²) in [6.45, 7) is 2.21. The summed E-state index contributed by atoms with van der Waals surface area (Å²) in [6, 6.07) is 11.3. The van der Waals surface area contributed by atoms with E-state index >= 15 is 0 Å². The Morgan fingerprint density at radius 2 is 2.06 bits per heavy atom. The zero-order valence-electron chi connectivity index (χ0n) is 10.1. The van der Waals surface area contributed by atoms with E-state index in [9.17, 15) is 0 Å². The van der Waals surface area contributed by atoms with Gasteiger partial charge in [0.2, 0.25) is 0 Å². The molecule has 0 N–H and O–H groups in total. The first-order valence-electron chi connectivity index (χ1n) is 6.34. The number of aromatic nitrogens is 3. The van der Waals surface area contributed by atoms with E-state index in [0.717, 1.165) is 12.2 Å². The van der Waals surface area contributed by atoms with Gasteiger partial charge in [0, 0.05) is 12.0 Å². The van der Waals surface area contributed by atoms with Crippen LogP contribution in [-0.2, 0) is 0 Å². The highest BCUT2D eigenvalue weighted by Gasteiger charge is 2.29. The van der Waals surface area contributed by atoms with Crippen LogP contribution in [0.3, 0.4) is 0 Å². The molecule has 3 nitrogen and oxygen atoms in total. The second kappa shape index (κ2) is 4.32. The van der Waals surface area contributed by atoms with Crippen molar-refractivity contribution >= 4 is 0 Å². The molecule has 3 rings (SSSR count). The molecule has 1 aromatic heterocycles. The van der Waals surface area contributed by atoms with Gasteiger partial charge in [-0.1, -0.05) is 37.3 Å². The molecule has 1 saturated carbocycles. The van der Waals surface area contributed by atoms with Crippen molar-refractivity contribution in [1.82, 2.24) is 14.8 Å². The highest BCUT2D eigenvalue weighted by molar-refractivity contribution is 5.25. The van der Waals surface area contributed by atoms with Gasteiger partial charge in [-0.3, -0.25) is 0 Å². The van der Waals surface area contributed by atoms with Gasteiger partial charge in [-0.25, -0.2) is 0 Å². The highest BCUT2D eigenvalue weighted by Crippen LogP contribution is 2.38. The molecule has 1 aliphatic rings. The van der Waals surface area contributed by atoms with E-state index in [2.05, 4.69) is 52.0 Å². The quantitative estimate of drug-likeness (QED) is 0.803. The molecule has 0 radical (unpaired) electrons. The summed E-state index contributed by atoms with van der Waals surface area (Å²) in [5, 5.41) is 8.43. The van der Waals surface area contributed by atoms with Crippen LogP contribution < -0.4 is 0 Å². The number of rotatable bonds is 4. The summed E-state index contributed by atoms with van der Waals surface area (Å²) >= 11 is 0. The lowest BCUT2D eigenvalue weighted by atomic mass is 9.95. The summed E-state index contributed by atoms with van der Waals surface area (Å²) in [4.78, 5) is 0. The molecular formula is C14H17N3. The molecule has 0 saturated heterocycles. The lowest BCUT2D eigenvalue weighted by Gasteiger charge is -2.15. The Labute approximate surface area is 101 Å². The summed E-state index contributed by atoms with van der Waals surface area (Å²) in [6.07, 6.45) is 5.50. The van der Waals surface area contributed by atoms with Crippen molar-refractivity contribution < 1.29 is 0 Å². The molecule has 17 heavy (non-hydrogen) atoms. The van der Waals surface area contributed by atoms with Crippen LogP contribution >= 0.6 is 0 Å². The molecule has 0 amide bonds. The van der Waals surface area contributed by atoms with Crippen LogP contribution in [0.25, 0.3) is 0 Å². The Balaban J connectivity index is 1.97. The highest BCUT2D eigenvalue weighted by atomic mass is 15.3. The zero-order valence-corrected chi connectivity index (χ0v) is 10.1. The molecule has 1 fully saturated rings. The smallest absolute Gasteiger partial charge is 0.140 e. The fourth-order valence-electron chi connectivity index (χ4n) is 2.39. The molecule has 1 atom stereocenters. The summed E-state index contributed by atoms with van der Waals surface area (Å²) in [5.74, 6) is 1.50. The van der Waals surface area contributed by atoms with Gasteiger partial charge in [-0.15, -0.1) is 10.2 Å². The van der Waals surface area contributed by atoms with Crippen molar-refractivity contribution in [1.29, 1.82) is 0 Å². The molecular weight excluding hydrogens is 210 g/mol. The Hall–Kier alpha value is -1.64. The normalized spacial score (nSPS) is 17.0. The standard InChI is InChI=1S/C14H17N3/c1-2-13(11-6-4-3-5-7-11)14-16-15-10-17(14)12-8-9-12/h3-7,10,12-13H,2,8-9H2,1H3. The van der Waals surface area contributed by atoms with E-state index in [-0.39, 0.29) is 0 Å². The number of benzene rings is 1. The average Bonchev–Trinajstić information content (AvgIpc) is 3.12. The van der Waals surface area contributed by atoms with Crippen LogP contribution in [0.15, 0.2) is 36.7 Å². The molecule has 1 aromatic carbocycles. The summed E-state index contributed by atoms with van der Waals surface area (Å²) in [7, 11) is 0. The van der Waals surface area contributed by atoms with Crippen molar-refractivity contribution in [3.05, 3.63) is 48.0 Å². The minimum Gasteiger partial charge on any atom is -0.314 e. The van der Waals surface area contributed by atoms with E-state index in [4.69, 9.17) is 0 Å². The first-order chi connectivity index (χ1) is 8.40. The van der Waals surface area contributed by atoms with E-state index < -0.39 is 0 Å². The third-order valence-electron chi connectivity index (χ3n) is 3.46. The van der Waals surface area contributed by atoms with Gasteiger partial charge in [-0.05, 0) is 24.8 Å². The fraction of sp³-hybridized carbons (Fsp3) is 0.429. The molecule has 1 heterocycles. The molecule has 0 bridgehead atoms. The summed E-state index contributed by atoms with van der Waals surface area (Å²) in [5.41, 5.74) is 1.34. The van der Waals surface area contributed by atoms with E-state index in [1.165, 1.54) is 18.4 Å². The van der Waals surface area contributed by atoms with E-state index in [0.29, 0.717) is 12.0 Å². The van der Waals surface area contributed by atoms with Gasteiger partial charge in [-0.2, -0.15) is 0 Å². The van der Waals surface area contributed by atoms with E-state index in [1.807, 2.05) is 6.33 Å².